The second-order valence-electron chi connectivity index (χ2n) is 4.25. The lowest BCUT2D eigenvalue weighted by molar-refractivity contribution is 0.362. The van der Waals surface area contributed by atoms with Crippen LogP contribution in [-0.4, -0.2) is 30.3 Å². The maximum absolute atomic E-state index is 5.63. The predicted octanol–water partition coefficient (Wildman–Crippen LogP) is 2.33. The zero-order chi connectivity index (χ0) is 11.2. The van der Waals surface area contributed by atoms with Gasteiger partial charge in [-0.25, -0.2) is 0 Å². The lowest BCUT2D eigenvalue weighted by Crippen LogP contribution is -2.21. The van der Waals surface area contributed by atoms with Crippen molar-refractivity contribution in [3.05, 3.63) is 29.8 Å². The minimum Gasteiger partial charge on any atom is -0.326 e. The zero-order valence-corrected chi connectivity index (χ0v) is 10.5. The molecule has 88 valence electrons. The third kappa shape index (κ3) is 3.51. The van der Waals surface area contributed by atoms with Crippen LogP contribution in [0.3, 0.4) is 0 Å². The van der Waals surface area contributed by atoms with E-state index in [0.29, 0.717) is 6.54 Å². The third-order valence-electron chi connectivity index (χ3n) is 3.01. The fraction of sp³-hybridized carbons (Fsp3) is 0.538. The first-order valence-electron chi connectivity index (χ1n) is 6.02. The van der Waals surface area contributed by atoms with Gasteiger partial charge in [0.25, 0.3) is 0 Å². The van der Waals surface area contributed by atoms with Crippen molar-refractivity contribution in [2.45, 2.75) is 24.3 Å². The Bertz CT molecular complexity index is 321. The van der Waals surface area contributed by atoms with Crippen LogP contribution in [0.15, 0.2) is 29.2 Å². The quantitative estimate of drug-likeness (QED) is 0.796. The van der Waals surface area contributed by atoms with Crippen molar-refractivity contribution in [1.29, 1.82) is 0 Å². The summed E-state index contributed by atoms with van der Waals surface area (Å²) in [6, 6.07) is 8.56. The van der Waals surface area contributed by atoms with Gasteiger partial charge in [0.15, 0.2) is 0 Å². The molecule has 0 spiro atoms. The fourth-order valence-electron chi connectivity index (χ4n) is 2.06. The molecule has 0 unspecified atom stereocenters. The molecule has 3 heteroatoms. The van der Waals surface area contributed by atoms with Crippen molar-refractivity contribution in [1.82, 2.24) is 4.90 Å². The summed E-state index contributed by atoms with van der Waals surface area (Å²) >= 11 is 1.94. The lowest BCUT2D eigenvalue weighted by atomic mass is 10.2. The van der Waals surface area contributed by atoms with E-state index in [4.69, 9.17) is 5.73 Å². The van der Waals surface area contributed by atoms with E-state index in [1.807, 2.05) is 11.8 Å². The molecule has 0 aliphatic carbocycles. The maximum Gasteiger partial charge on any atom is 0.0178 e. The van der Waals surface area contributed by atoms with Crippen LogP contribution in [0, 0.1) is 0 Å². The van der Waals surface area contributed by atoms with Gasteiger partial charge in [0.05, 0.1) is 0 Å². The number of benzene rings is 1. The first-order valence-corrected chi connectivity index (χ1v) is 7.01. The normalized spacial score (nSPS) is 16.8. The average Bonchev–Trinajstić information content (AvgIpc) is 2.82. The number of hydrogen-bond donors (Lipinski definition) is 1. The molecule has 2 N–H and O–H groups in total. The van der Waals surface area contributed by atoms with Crippen molar-refractivity contribution >= 4 is 11.8 Å². The molecule has 1 fully saturated rings. The van der Waals surface area contributed by atoms with Crippen LogP contribution in [0.5, 0.6) is 0 Å². The summed E-state index contributed by atoms with van der Waals surface area (Å²) in [7, 11) is 0. The number of hydrogen-bond acceptors (Lipinski definition) is 3. The Labute approximate surface area is 102 Å². The van der Waals surface area contributed by atoms with Gasteiger partial charge in [-0.1, -0.05) is 12.1 Å². The van der Waals surface area contributed by atoms with E-state index in [0.717, 1.165) is 0 Å². The largest absolute Gasteiger partial charge is 0.326 e. The van der Waals surface area contributed by atoms with Crippen LogP contribution in [0.25, 0.3) is 0 Å². The third-order valence-corrected chi connectivity index (χ3v) is 3.98. The Morgan fingerprint density at radius 2 is 2.06 bits per heavy atom. The molecule has 0 atom stereocenters. The Kier molecular flexibility index (Phi) is 4.69. The van der Waals surface area contributed by atoms with Crippen LogP contribution in [0.2, 0.25) is 0 Å². The van der Waals surface area contributed by atoms with Gasteiger partial charge < -0.3 is 10.6 Å². The topological polar surface area (TPSA) is 29.3 Å². The minimum atomic E-state index is 0.639. The first kappa shape index (κ1) is 12.0. The molecule has 0 amide bonds. The fourth-order valence-corrected chi connectivity index (χ4v) is 3.06. The smallest absolute Gasteiger partial charge is 0.0178 e. The van der Waals surface area contributed by atoms with Crippen LogP contribution in [-0.2, 0) is 6.54 Å². The molecular formula is C13H20N2S. The van der Waals surface area contributed by atoms with E-state index in [9.17, 15) is 0 Å². The maximum atomic E-state index is 5.63. The Morgan fingerprint density at radius 1 is 1.25 bits per heavy atom. The van der Waals surface area contributed by atoms with Crippen molar-refractivity contribution < 1.29 is 0 Å². The number of likely N-dealkylation sites (tertiary alicyclic amines) is 1. The summed E-state index contributed by atoms with van der Waals surface area (Å²) < 4.78 is 0. The molecular weight excluding hydrogens is 216 g/mol. The number of rotatable bonds is 5. The molecule has 1 aromatic carbocycles. The minimum absolute atomic E-state index is 0.639. The predicted molar refractivity (Wildman–Crippen MR) is 70.7 cm³/mol. The van der Waals surface area contributed by atoms with Crippen molar-refractivity contribution in [3.8, 4) is 0 Å². The van der Waals surface area contributed by atoms with E-state index in [-0.39, 0.29) is 0 Å². The van der Waals surface area contributed by atoms with Gasteiger partial charge in [0.1, 0.15) is 0 Å². The first-order chi connectivity index (χ1) is 7.88. The van der Waals surface area contributed by atoms with E-state index in [1.165, 1.54) is 48.7 Å². The highest BCUT2D eigenvalue weighted by Crippen LogP contribution is 2.19. The molecule has 1 aliphatic heterocycles. The molecule has 1 aromatic rings. The van der Waals surface area contributed by atoms with E-state index >= 15 is 0 Å². The molecule has 1 aliphatic rings. The van der Waals surface area contributed by atoms with Crippen LogP contribution >= 0.6 is 11.8 Å². The molecule has 1 heterocycles. The Morgan fingerprint density at radius 3 is 2.81 bits per heavy atom. The van der Waals surface area contributed by atoms with Gasteiger partial charge in [-0.3, -0.25) is 0 Å². The second-order valence-corrected chi connectivity index (χ2v) is 5.42. The van der Waals surface area contributed by atoms with Crippen LogP contribution in [0.4, 0.5) is 0 Å². The van der Waals surface area contributed by atoms with Crippen molar-refractivity contribution in [2.75, 3.05) is 25.4 Å². The molecule has 0 saturated carbocycles. The highest BCUT2D eigenvalue weighted by atomic mass is 32.2. The SMILES string of the molecule is NCc1cccc(SCCN2CCCC2)c1. The molecule has 2 nitrogen and oxygen atoms in total. The molecule has 0 radical (unpaired) electrons. The summed E-state index contributed by atoms with van der Waals surface area (Å²) in [5, 5.41) is 0. The number of nitrogens with two attached hydrogens (primary N) is 1. The van der Waals surface area contributed by atoms with E-state index in [1.54, 1.807) is 0 Å². The summed E-state index contributed by atoms with van der Waals surface area (Å²) in [5.41, 5.74) is 6.86. The van der Waals surface area contributed by atoms with Gasteiger partial charge in [-0.2, -0.15) is 0 Å². The van der Waals surface area contributed by atoms with Gasteiger partial charge in [-0.15, -0.1) is 11.8 Å². The monoisotopic (exact) mass is 236 g/mol. The summed E-state index contributed by atoms with van der Waals surface area (Å²) in [6.07, 6.45) is 2.76. The summed E-state index contributed by atoms with van der Waals surface area (Å²) in [4.78, 5) is 3.90. The summed E-state index contributed by atoms with van der Waals surface area (Å²) in [5.74, 6) is 1.19. The van der Waals surface area contributed by atoms with E-state index < -0.39 is 0 Å². The zero-order valence-electron chi connectivity index (χ0n) is 9.69. The van der Waals surface area contributed by atoms with E-state index in [2.05, 4.69) is 29.2 Å². The van der Waals surface area contributed by atoms with Gasteiger partial charge in [0.2, 0.25) is 0 Å². The highest BCUT2D eigenvalue weighted by molar-refractivity contribution is 7.99. The number of nitrogens with zero attached hydrogens (tertiary/aromatic N) is 1. The molecule has 16 heavy (non-hydrogen) atoms. The molecule has 0 aromatic heterocycles. The van der Waals surface area contributed by atoms with Crippen molar-refractivity contribution in [2.24, 2.45) is 5.73 Å². The second kappa shape index (κ2) is 6.28. The number of thioether (sulfide) groups is 1. The average molecular weight is 236 g/mol. The molecule has 1 saturated heterocycles. The molecule has 2 rings (SSSR count). The van der Waals surface area contributed by atoms with Gasteiger partial charge in [-0.05, 0) is 43.6 Å². The van der Waals surface area contributed by atoms with Crippen LogP contribution < -0.4 is 5.73 Å². The standard InChI is InChI=1S/C13H20N2S/c14-11-12-4-3-5-13(10-12)16-9-8-15-6-1-2-7-15/h3-5,10H,1-2,6-9,11,14H2. The summed E-state index contributed by atoms with van der Waals surface area (Å²) in [6.45, 7) is 4.45. The molecule has 0 bridgehead atoms. The van der Waals surface area contributed by atoms with Gasteiger partial charge in [0, 0.05) is 23.7 Å². The Hall–Kier alpha value is -0.510. The lowest BCUT2D eigenvalue weighted by Gasteiger charge is -2.13. The van der Waals surface area contributed by atoms with Crippen LogP contribution in [0.1, 0.15) is 18.4 Å². The highest BCUT2D eigenvalue weighted by Gasteiger charge is 2.10. The Balaban J connectivity index is 1.75. The van der Waals surface area contributed by atoms with Crippen molar-refractivity contribution in [3.63, 3.8) is 0 Å². The van der Waals surface area contributed by atoms with Gasteiger partial charge >= 0.3 is 0 Å².